The molecule has 7 heteroatoms. The zero-order chi connectivity index (χ0) is 20.3. The second-order valence-corrected chi connectivity index (χ2v) is 8.01. The summed E-state index contributed by atoms with van der Waals surface area (Å²) < 4.78 is 1.66. The zero-order valence-corrected chi connectivity index (χ0v) is 17.7. The summed E-state index contributed by atoms with van der Waals surface area (Å²) in [6.07, 6.45) is 0. The Balaban J connectivity index is 1.63. The van der Waals surface area contributed by atoms with E-state index in [0.717, 1.165) is 11.3 Å². The Kier molecular flexibility index (Phi) is 6.14. The molecule has 1 N–H and O–H groups in total. The molecule has 28 heavy (non-hydrogen) atoms. The number of aromatic nitrogens is 4. The Morgan fingerprint density at radius 2 is 1.71 bits per heavy atom. The minimum Gasteiger partial charge on any atom is -0.349 e. The van der Waals surface area contributed by atoms with Crippen molar-refractivity contribution in [3.05, 3.63) is 64.2 Å². The standard InChI is InChI=1S/C21H25N5OS/c1-13-6-8-18(10-15(13)3)17(5)22-20(27)12-28-21-23-24-25-26(21)19-9-7-14(2)16(4)11-19/h6-11,17H,12H2,1-5H3,(H,22,27)/t17-/m0/s1. The van der Waals surface area contributed by atoms with E-state index in [1.807, 2.05) is 25.1 Å². The number of rotatable bonds is 6. The summed E-state index contributed by atoms with van der Waals surface area (Å²) in [5.41, 5.74) is 6.84. The molecule has 0 aliphatic carbocycles. The van der Waals surface area contributed by atoms with E-state index in [1.165, 1.54) is 34.0 Å². The van der Waals surface area contributed by atoms with Gasteiger partial charge in [-0.1, -0.05) is 36.0 Å². The lowest BCUT2D eigenvalue weighted by Gasteiger charge is -2.15. The van der Waals surface area contributed by atoms with Gasteiger partial charge in [0.05, 0.1) is 17.5 Å². The summed E-state index contributed by atoms with van der Waals surface area (Å²) >= 11 is 1.32. The number of carbonyl (C=O) groups excluding carboxylic acids is 1. The van der Waals surface area contributed by atoms with Crippen LogP contribution in [0.2, 0.25) is 0 Å². The van der Waals surface area contributed by atoms with Gasteiger partial charge in [-0.15, -0.1) is 5.10 Å². The van der Waals surface area contributed by atoms with Crippen LogP contribution in [0.15, 0.2) is 41.6 Å². The molecule has 2 aromatic carbocycles. The number of nitrogens with one attached hydrogen (secondary N) is 1. The van der Waals surface area contributed by atoms with Crippen molar-refractivity contribution >= 4 is 17.7 Å². The maximum absolute atomic E-state index is 12.4. The predicted octanol–water partition coefficient (Wildman–Crippen LogP) is 3.87. The van der Waals surface area contributed by atoms with Crippen molar-refractivity contribution in [3.63, 3.8) is 0 Å². The van der Waals surface area contributed by atoms with Gasteiger partial charge in [-0.3, -0.25) is 4.79 Å². The Morgan fingerprint density at radius 3 is 2.39 bits per heavy atom. The molecular formula is C21H25N5OS. The van der Waals surface area contributed by atoms with E-state index >= 15 is 0 Å². The average Bonchev–Trinajstić information content (AvgIpc) is 3.13. The maximum atomic E-state index is 12.4. The van der Waals surface area contributed by atoms with Crippen LogP contribution < -0.4 is 5.32 Å². The first-order chi connectivity index (χ1) is 13.3. The zero-order valence-electron chi connectivity index (χ0n) is 16.9. The second kappa shape index (κ2) is 8.56. The van der Waals surface area contributed by atoms with Gasteiger partial charge in [0.1, 0.15) is 0 Å². The fraction of sp³-hybridized carbons (Fsp3) is 0.333. The normalized spacial score (nSPS) is 12.0. The Bertz CT molecular complexity index is 998. The van der Waals surface area contributed by atoms with Crippen molar-refractivity contribution < 1.29 is 4.79 Å². The minimum atomic E-state index is -0.0526. The molecule has 3 rings (SSSR count). The number of tetrazole rings is 1. The van der Waals surface area contributed by atoms with E-state index in [4.69, 9.17) is 0 Å². The first kappa shape index (κ1) is 20.1. The highest BCUT2D eigenvalue weighted by molar-refractivity contribution is 7.99. The van der Waals surface area contributed by atoms with Crippen LogP contribution in [0, 0.1) is 27.7 Å². The molecule has 0 fully saturated rings. The summed E-state index contributed by atoms with van der Waals surface area (Å²) in [6, 6.07) is 12.3. The number of hydrogen-bond donors (Lipinski definition) is 1. The molecule has 0 aliphatic rings. The number of nitrogens with zero attached hydrogens (tertiary/aromatic N) is 4. The number of carbonyl (C=O) groups is 1. The summed E-state index contributed by atoms with van der Waals surface area (Å²) in [4.78, 5) is 12.4. The molecule has 146 valence electrons. The Morgan fingerprint density at radius 1 is 1.04 bits per heavy atom. The number of aryl methyl sites for hydroxylation is 4. The van der Waals surface area contributed by atoms with Crippen molar-refractivity contribution in [2.45, 2.75) is 45.8 Å². The van der Waals surface area contributed by atoms with Gasteiger partial charge < -0.3 is 5.32 Å². The van der Waals surface area contributed by atoms with Gasteiger partial charge in [-0.2, -0.15) is 4.68 Å². The monoisotopic (exact) mass is 395 g/mol. The summed E-state index contributed by atoms with van der Waals surface area (Å²) in [5, 5.41) is 15.5. The van der Waals surface area contributed by atoms with E-state index in [-0.39, 0.29) is 17.7 Å². The third-order valence-corrected chi connectivity index (χ3v) is 5.84. The average molecular weight is 396 g/mol. The molecule has 1 amide bonds. The van der Waals surface area contributed by atoms with E-state index in [1.54, 1.807) is 4.68 Å². The van der Waals surface area contributed by atoms with E-state index in [2.05, 4.69) is 66.7 Å². The fourth-order valence-corrected chi connectivity index (χ4v) is 3.52. The van der Waals surface area contributed by atoms with E-state index < -0.39 is 0 Å². The first-order valence-electron chi connectivity index (χ1n) is 9.20. The van der Waals surface area contributed by atoms with E-state index in [9.17, 15) is 4.79 Å². The van der Waals surface area contributed by atoms with Crippen LogP contribution >= 0.6 is 11.8 Å². The predicted molar refractivity (Wildman–Crippen MR) is 112 cm³/mol. The van der Waals surface area contributed by atoms with Crippen molar-refractivity contribution in [1.29, 1.82) is 0 Å². The molecule has 6 nitrogen and oxygen atoms in total. The molecule has 0 unspecified atom stereocenters. The molecule has 0 saturated heterocycles. The molecular weight excluding hydrogens is 370 g/mol. The smallest absolute Gasteiger partial charge is 0.230 e. The van der Waals surface area contributed by atoms with Crippen LogP contribution in [-0.4, -0.2) is 31.9 Å². The Hall–Kier alpha value is -2.67. The topological polar surface area (TPSA) is 72.7 Å². The number of benzene rings is 2. The second-order valence-electron chi connectivity index (χ2n) is 7.06. The van der Waals surface area contributed by atoms with Crippen LogP contribution in [-0.2, 0) is 4.79 Å². The molecule has 0 aliphatic heterocycles. The molecule has 0 saturated carbocycles. The number of amides is 1. The number of thioether (sulfide) groups is 1. The van der Waals surface area contributed by atoms with Crippen molar-refractivity contribution in [1.82, 2.24) is 25.5 Å². The summed E-state index contributed by atoms with van der Waals surface area (Å²) in [6.45, 7) is 10.3. The van der Waals surface area contributed by atoms with Gasteiger partial charge in [-0.25, -0.2) is 0 Å². The van der Waals surface area contributed by atoms with Crippen molar-refractivity contribution in [3.8, 4) is 5.69 Å². The van der Waals surface area contributed by atoms with Crippen LogP contribution in [0.1, 0.15) is 40.8 Å². The summed E-state index contributed by atoms with van der Waals surface area (Å²) in [7, 11) is 0. The van der Waals surface area contributed by atoms with Gasteiger partial charge in [0.15, 0.2) is 0 Å². The highest BCUT2D eigenvalue weighted by Crippen LogP contribution is 2.21. The highest BCUT2D eigenvalue weighted by Gasteiger charge is 2.14. The highest BCUT2D eigenvalue weighted by atomic mass is 32.2. The lowest BCUT2D eigenvalue weighted by Crippen LogP contribution is -2.28. The third-order valence-electron chi connectivity index (χ3n) is 4.92. The van der Waals surface area contributed by atoms with Gasteiger partial charge in [0.2, 0.25) is 11.1 Å². The molecule has 1 atom stereocenters. The number of hydrogen-bond acceptors (Lipinski definition) is 5. The van der Waals surface area contributed by atoms with Gasteiger partial charge in [0.25, 0.3) is 0 Å². The molecule has 0 radical (unpaired) electrons. The lowest BCUT2D eigenvalue weighted by molar-refractivity contribution is -0.119. The third kappa shape index (κ3) is 4.59. The fourth-order valence-electron chi connectivity index (χ4n) is 2.82. The molecule has 0 spiro atoms. The van der Waals surface area contributed by atoms with Crippen LogP contribution in [0.3, 0.4) is 0 Å². The van der Waals surface area contributed by atoms with Crippen LogP contribution in [0.4, 0.5) is 0 Å². The summed E-state index contributed by atoms with van der Waals surface area (Å²) in [5.74, 6) is 0.200. The van der Waals surface area contributed by atoms with Crippen LogP contribution in [0.25, 0.3) is 5.69 Å². The maximum Gasteiger partial charge on any atom is 0.230 e. The molecule has 1 aromatic heterocycles. The molecule has 0 bridgehead atoms. The molecule has 1 heterocycles. The van der Waals surface area contributed by atoms with Gasteiger partial charge >= 0.3 is 0 Å². The Labute approximate surface area is 169 Å². The van der Waals surface area contributed by atoms with Gasteiger partial charge in [-0.05, 0) is 85.0 Å². The van der Waals surface area contributed by atoms with Gasteiger partial charge in [0, 0.05) is 0 Å². The SMILES string of the molecule is Cc1ccc([C@H](C)NC(=O)CSc2nnnn2-c2ccc(C)c(C)c2)cc1C. The van der Waals surface area contributed by atoms with E-state index in [0.29, 0.717) is 5.16 Å². The largest absolute Gasteiger partial charge is 0.349 e. The van der Waals surface area contributed by atoms with Crippen molar-refractivity contribution in [2.24, 2.45) is 0 Å². The van der Waals surface area contributed by atoms with Crippen molar-refractivity contribution in [2.75, 3.05) is 5.75 Å². The quantitative estimate of drug-likeness (QED) is 0.642. The minimum absolute atomic E-state index is 0.0506. The lowest BCUT2D eigenvalue weighted by atomic mass is 10.0. The molecule has 3 aromatic rings. The van der Waals surface area contributed by atoms with Crippen LogP contribution in [0.5, 0.6) is 0 Å². The first-order valence-corrected chi connectivity index (χ1v) is 10.2.